The summed E-state index contributed by atoms with van der Waals surface area (Å²) in [6.07, 6.45) is 3.35. The lowest BCUT2D eigenvalue weighted by molar-refractivity contribution is -0.123. The zero-order valence-corrected chi connectivity index (χ0v) is 14.5. The highest BCUT2D eigenvalue weighted by atomic mass is 16.5. The van der Waals surface area contributed by atoms with Gasteiger partial charge < -0.3 is 19.7 Å². The Morgan fingerprint density at radius 3 is 2.46 bits per heavy atom. The third kappa shape index (κ3) is 6.35. The number of hydrogen-bond acceptors (Lipinski definition) is 6. The summed E-state index contributed by atoms with van der Waals surface area (Å²) in [6.45, 7) is 2.57. The van der Waals surface area contributed by atoms with E-state index < -0.39 is 5.91 Å². The average molecular weight is 358 g/mol. The Morgan fingerprint density at radius 2 is 1.81 bits per heavy atom. The summed E-state index contributed by atoms with van der Waals surface area (Å²) in [5.74, 6) is 0.666. The minimum Gasteiger partial charge on any atom is -0.508 e. The van der Waals surface area contributed by atoms with Crippen LogP contribution in [0.25, 0.3) is 0 Å². The highest BCUT2D eigenvalue weighted by molar-refractivity contribution is 5.85. The maximum Gasteiger partial charge on any atom is 0.277 e. The van der Waals surface area contributed by atoms with E-state index in [9.17, 15) is 15.0 Å². The van der Waals surface area contributed by atoms with Crippen LogP contribution in [-0.2, 0) is 4.79 Å². The molecule has 2 aromatic rings. The molecule has 0 bridgehead atoms. The first-order chi connectivity index (χ1) is 12.6. The van der Waals surface area contributed by atoms with Gasteiger partial charge in [-0.15, -0.1) is 0 Å². The number of ether oxygens (including phenoxy) is 2. The quantitative estimate of drug-likeness (QED) is 0.364. The lowest BCUT2D eigenvalue weighted by Gasteiger charge is -2.08. The molecule has 1 amide bonds. The number of rotatable bonds is 9. The molecule has 3 N–H and O–H groups in total. The smallest absolute Gasteiger partial charge is 0.277 e. The van der Waals surface area contributed by atoms with E-state index in [0.29, 0.717) is 17.9 Å². The van der Waals surface area contributed by atoms with Crippen LogP contribution in [0.3, 0.4) is 0 Å². The molecule has 0 aliphatic heterocycles. The Bertz CT molecular complexity index is 744. The standard InChI is InChI=1S/C19H22N2O5/c1-2-3-10-25-16-6-8-17(9-7-16)26-13-19(24)21-20-12-14-4-5-15(22)11-18(14)23/h4-9,11-12,22-23H,2-3,10,13H2,1H3,(H,21,24). The monoisotopic (exact) mass is 358 g/mol. The van der Waals surface area contributed by atoms with E-state index in [1.807, 2.05) is 0 Å². The molecule has 2 aromatic carbocycles. The number of aromatic hydroxyl groups is 2. The predicted molar refractivity (Wildman–Crippen MR) is 97.8 cm³/mol. The summed E-state index contributed by atoms with van der Waals surface area (Å²) in [6, 6.07) is 11.1. The van der Waals surface area contributed by atoms with Gasteiger partial charge in [0, 0.05) is 11.6 Å². The van der Waals surface area contributed by atoms with Crippen LogP contribution in [0.5, 0.6) is 23.0 Å². The van der Waals surface area contributed by atoms with Crippen molar-refractivity contribution in [3.05, 3.63) is 48.0 Å². The van der Waals surface area contributed by atoms with Gasteiger partial charge in [-0.3, -0.25) is 4.79 Å². The molecule has 0 radical (unpaired) electrons. The number of nitrogens with one attached hydrogen (secondary N) is 1. The minimum atomic E-state index is -0.442. The number of carbonyl (C=O) groups excluding carboxylic acids is 1. The third-order valence-electron chi connectivity index (χ3n) is 3.37. The number of hydrogen-bond donors (Lipinski definition) is 3. The number of phenols is 2. The molecule has 7 heteroatoms. The second-order valence-corrected chi connectivity index (χ2v) is 5.50. The van der Waals surface area contributed by atoms with Crippen molar-refractivity contribution in [2.24, 2.45) is 5.10 Å². The summed E-state index contributed by atoms with van der Waals surface area (Å²) in [5, 5.41) is 22.5. The largest absolute Gasteiger partial charge is 0.508 e. The van der Waals surface area contributed by atoms with Crippen LogP contribution in [0, 0.1) is 0 Å². The zero-order valence-electron chi connectivity index (χ0n) is 14.5. The first kappa shape index (κ1) is 19.1. The first-order valence-electron chi connectivity index (χ1n) is 8.28. The van der Waals surface area contributed by atoms with Crippen molar-refractivity contribution < 1.29 is 24.5 Å². The number of unbranched alkanes of at least 4 members (excludes halogenated alkanes) is 1. The van der Waals surface area contributed by atoms with Crippen LogP contribution in [0.1, 0.15) is 25.3 Å². The molecule has 0 aliphatic carbocycles. The fourth-order valence-electron chi connectivity index (χ4n) is 1.96. The zero-order chi connectivity index (χ0) is 18.8. The molecule has 138 valence electrons. The van der Waals surface area contributed by atoms with Gasteiger partial charge in [0.15, 0.2) is 6.61 Å². The van der Waals surface area contributed by atoms with Crippen molar-refractivity contribution >= 4 is 12.1 Å². The van der Waals surface area contributed by atoms with E-state index in [4.69, 9.17) is 9.47 Å². The Balaban J connectivity index is 1.75. The molecule has 0 atom stereocenters. The third-order valence-corrected chi connectivity index (χ3v) is 3.37. The van der Waals surface area contributed by atoms with Gasteiger partial charge in [-0.1, -0.05) is 13.3 Å². The molecule has 7 nitrogen and oxygen atoms in total. The van der Waals surface area contributed by atoms with Crippen LogP contribution in [-0.4, -0.2) is 35.5 Å². The fourth-order valence-corrected chi connectivity index (χ4v) is 1.96. The normalized spacial score (nSPS) is 10.7. The van der Waals surface area contributed by atoms with Crippen molar-refractivity contribution in [1.29, 1.82) is 0 Å². The molecule has 0 saturated carbocycles. The Hall–Kier alpha value is -3.22. The molecule has 0 unspecified atom stereocenters. The molecule has 0 spiro atoms. The van der Waals surface area contributed by atoms with E-state index >= 15 is 0 Å². The Labute approximate surface area is 151 Å². The van der Waals surface area contributed by atoms with E-state index in [1.54, 1.807) is 24.3 Å². The molecule has 26 heavy (non-hydrogen) atoms. The van der Waals surface area contributed by atoms with Crippen LogP contribution in [0.15, 0.2) is 47.6 Å². The van der Waals surface area contributed by atoms with Crippen LogP contribution in [0.4, 0.5) is 0 Å². The molecule has 2 rings (SSSR count). The van der Waals surface area contributed by atoms with Gasteiger partial charge in [0.1, 0.15) is 23.0 Å². The number of hydrazone groups is 1. The summed E-state index contributed by atoms with van der Waals surface area (Å²) in [4.78, 5) is 11.7. The van der Waals surface area contributed by atoms with Gasteiger partial charge >= 0.3 is 0 Å². The van der Waals surface area contributed by atoms with Crippen LogP contribution >= 0.6 is 0 Å². The van der Waals surface area contributed by atoms with Crippen LogP contribution in [0.2, 0.25) is 0 Å². The maximum absolute atomic E-state index is 11.7. The maximum atomic E-state index is 11.7. The molecule has 0 saturated heterocycles. The average Bonchev–Trinajstić information content (AvgIpc) is 2.63. The summed E-state index contributed by atoms with van der Waals surface area (Å²) < 4.78 is 10.9. The predicted octanol–water partition coefficient (Wildman–Crippen LogP) is 2.81. The van der Waals surface area contributed by atoms with E-state index in [-0.39, 0.29) is 18.1 Å². The van der Waals surface area contributed by atoms with Crippen molar-refractivity contribution in [2.45, 2.75) is 19.8 Å². The number of benzene rings is 2. The molecular weight excluding hydrogens is 336 g/mol. The van der Waals surface area contributed by atoms with Gasteiger partial charge in [-0.2, -0.15) is 5.10 Å². The molecule has 0 heterocycles. The summed E-state index contributed by atoms with van der Waals surface area (Å²) in [7, 11) is 0. The van der Waals surface area contributed by atoms with Crippen LogP contribution < -0.4 is 14.9 Å². The second kappa shape index (κ2) is 9.93. The van der Waals surface area contributed by atoms with E-state index in [0.717, 1.165) is 18.6 Å². The SMILES string of the molecule is CCCCOc1ccc(OCC(=O)NN=Cc2ccc(O)cc2O)cc1. The van der Waals surface area contributed by atoms with Crippen molar-refractivity contribution in [2.75, 3.05) is 13.2 Å². The van der Waals surface area contributed by atoms with E-state index in [1.165, 1.54) is 24.4 Å². The Morgan fingerprint density at radius 1 is 1.12 bits per heavy atom. The number of nitrogens with zero attached hydrogens (tertiary/aromatic N) is 1. The summed E-state index contributed by atoms with van der Waals surface area (Å²) >= 11 is 0. The molecule has 0 aromatic heterocycles. The second-order valence-electron chi connectivity index (χ2n) is 5.50. The van der Waals surface area contributed by atoms with Crippen molar-refractivity contribution in [1.82, 2.24) is 5.43 Å². The number of phenolic OH excluding ortho intramolecular Hbond substituents is 2. The highest BCUT2D eigenvalue weighted by Gasteiger charge is 2.03. The topological polar surface area (TPSA) is 100 Å². The van der Waals surface area contributed by atoms with Gasteiger partial charge in [-0.05, 0) is 42.8 Å². The lowest BCUT2D eigenvalue weighted by atomic mass is 10.2. The fraction of sp³-hybridized carbons (Fsp3) is 0.263. The van der Waals surface area contributed by atoms with E-state index in [2.05, 4.69) is 17.5 Å². The van der Waals surface area contributed by atoms with Gasteiger partial charge in [-0.25, -0.2) is 5.43 Å². The first-order valence-corrected chi connectivity index (χ1v) is 8.28. The van der Waals surface area contributed by atoms with Gasteiger partial charge in [0.2, 0.25) is 0 Å². The molecular formula is C19H22N2O5. The number of carbonyl (C=O) groups is 1. The summed E-state index contributed by atoms with van der Waals surface area (Å²) in [5.41, 5.74) is 2.66. The Kier molecular flexibility index (Phi) is 7.30. The number of amides is 1. The molecule has 0 aliphatic rings. The molecule has 0 fully saturated rings. The lowest BCUT2D eigenvalue weighted by Crippen LogP contribution is -2.24. The highest BCUT2D eigenvalue weighted by Crippen LogP contribution is 2.20. The van der Waals surface area contributed by atoms with Crippen molar-refractivity contribution in [3.63, 3.8) is 0 Å². The van der Waals surface area contributed by atoms with Crippen molar-refractivity contribution in [3.8, 4) is 23.0 Å². The van der Waals surface area contributed by atoms with Gasteiger partial charge in [0.05, 0.1) is 12.8 Å². The van der Waals surface area contributed by atoms with Gasteiger partial charge in [0.25, 0.3) is 5.91 Å². The minimum absolute atomic E-state index is 0.0566.